The lowest BCUT2D eigenvalue weighted by molar-refractivity contribution is 0.0927. The fraction of sp³-hybridized carbons (Fsp3) is 0.214. The van der Waals surface area contributed by atoms with Gasteiger partial charge in [-0.25, -0.2) is 4.98 Å². The summed E-state index contributed by atoms with van der Waals surface area (Å²) in [5.74, 6) is 0.0787. The molecule has 3 heterocycles. The number of aromatic nitrogens is 3. The number of amides is 1. The van der Waals surface area contributed by atoms with Crippen LogP contribution in [0.3, 0.4) is 0 Å². The lowest BCUT2D eigenvalue weighted by atomic mass is 10.3. The summed E-state index contributed by atoms with van der Waals surface area (Å²) < 4.78 is 7.41. The zero-order valence-electron chi connectivity index (χ0n) is 10.8. The van der Waals surface area contributed by atoms with Crippen LogP contribution in [0.2, 0.25) is 0 Å². The monoisotopic (exact) mass is 270 g/mol. The van der Waals surface area contributed by atoms with Crippen LogP contribution in [-0.4, -0.2) is 27.0 Å². The van der Waals surface area contributed by atoms with Crippen LogP contribution in [0.5, 0.6) is 0 Å². The molecule has 0 spiro atoms. The molecule has 0 bridgehead atoms. The Morgan fingerprint density at radius 3 is 3.15 bits per heavy atom. The number of hydrogen-bond acceptors (Lipinski definition) is 4. The summed E-state index contributed by atoms with van der Waals surface area (Å²) in [4.78, 5) is 20.0. The number of fused-ring (bicyclic) bond motifs is 1. The van der Waals surface area contributed by atoms with Gasteiger partial charge in [0.15, 0.2) is 11.3 Å². The number of pyridine rings is 1. The molecule has 0 atom stereocenters. The fourth-order valence-corrected chi connectivity index (χ4v) is 1.95. The Bertz CT molecular complexity index is 670. The Morgan fingerprint density at radius 2 is 2.35 bits per heavy atom. The van der Waals surface area contributed by atoms with Crippen molar-refractivity contribution in [3.8, 4) is 0 Å². The summed E-state index contributed by atoms with van der Waals surface area (Å²) in [6.45, 7) is 1.41. The second-order valence-corrected chi connectivity index (χ2v) is 4.41. The van der Waals surface area contributed by atoms with Crippen LogP contribution in [-0.2, 0) is 6.54 Å². The summed E-state index contributed by atoms with van der Waals surface area (Å²) in [6, 6.07) is 5.22. The molecule has 1 amide bonds. The van der Waals surface area contributed by atoms with E-state index in [2.05, 4.69) is 15.3 Å². The normalized spacial score (nSPS) is 10.8. The second-order valence-electron chi connectivity index (χ2n) is 4.41. The van der Waals surface area contributed by atoms with Gasteiger partial charge in [-0.1, -0.05) is 0 Å². The Hall–Kier alpha value is -2.63. The first-order chi connectivity index (χ1) is 9.83. The van der Waals surface area contributed by atoms with Gasteiger partial charge in [-0.15, -0.1) is 0 Å². The van der Waals surface area contributed by atoms with Crippen molar-refractivity contribution in [3.63, 3.8) is 0 Å². The zero-order valence-corrected chi connectivity index (χ0v) is 10.8. The van der Waals surface area contributed by atoms with Gasteiger partial charge in [0.2, 0.25) is 0 Å². The average molecular weight is 270 g/mol. The average Bonchev–Trinajstić information content (AvgIpc) is 3.12. The number of nitrogens with zero attached hydrogens (tertiary/aromatic N) is 3. The Morgan fingerprint density at radius 1 is 1.40 bits per heavy atom. The van der Waals surface area contributed by atoms with Crippen molar-refractivity contribution in [2.45, 2.75) is 13.0 Å². The standard InChI is InChI=1S/C14H14N4O2/c19-14(17-5-2-7-18-8-6-15-10-18)13-9-11-12(20-13)3-1-4-16-11/h1,3-4,6,8-10H,2,5,7H2,(H,17,19). The third-order valence-electron chi connectivity index (χ3n) is 2.95. The van der Waals surface area contributed by atoms with Crippen LogP contribution in [0, 0.1) is 0 Å². The largest absolute Gasteiger partial charge is 0.449 e. The summed E-state index contributed by atoms with van der Waals surface area (Å²) >= 11 is 0. The highest BCUT2D eigenvalue weighted by molar-refractivity contribution is 5.95. The predicted octanol–water partition coefficient (Wildman–Crippen LogP) is 1.84. The van der Waals surface area contributed by atoms with Gasteiger partial charge in [0.05, 0.1) is 6.33 Å². The summed E-state index contributed by atoms with van der Waals surface area (Å²) in [5, 5.41) is 2.83. The highest BCUT2D eigenvalue weighted by Crippen LogP contribution is 2.16. The Labute approximate surface area is 115 Å². The molecule has 6 heteroatoms. The smallest absolute Gasteiger partial charge is 0.287 e. The van der Waals surface area contributed by atoms with Crippen LogP contribution >= 0.6 is 0 Å². The van der Waals surface area contributed by atoms with Crippen molar-refractivity contribution in [1.29, 1.82) is 0 Å². The lowest BCUT2D eigenvalue weighted by Gasteiger charge is -2.03. The number of aryl methyl sites for hydroxylation is 1. The molecule has 3 aromatic heterocycles. The summed E-state index contributed by atoms with van der Waals surface area (Å²) in [5.41, 5.74) is 1.31. The van der Waals surface area contributed by atoms with Gasteiger partial charge in [-0.3, -0.25) is 9.78 Å². The molecule has 0 fully saturated rings. The zero-order chi connectivity index (χ0) is 13.8. The molecule has 0 saturated carbocycles. The first-order valence-electron chi connectivity index (χ1n) is 6.41. The molecule has 0 aromatic carbocycles. The van der Waals surface area contributed by atoms with Gasteiger partial charge in [0, 0.05) is 37.7 Å². The molecule has 0 saturated heterocycles. The molecular formula is C14H14N4O2. The van der Waals surface area contributed by atoms with Crippen molar-refractivity contribution in [2.75, 3.05) is 6.54 Å². The van der Waals surface area contributed by atoms with Crippen LogP contribution in [0.1, 0.15) is 17.0 Å². The summed E-state index contributed by atoms with van der Waals surface area (Å²) in [7, 11) is 0. The lowest BCUT2D eigenvalue weighted by Crippen LogP contribution is -2.24. The molecule has 0 aliphatic heterocycles. The SMILES string of the molecule is O=C(NCCCn1ccnc1)c1cc2ncccc2o1. The fourth-order valence-electron chi connectivity index (χ4n) is 1.95. The van der Waals surface area contributed by atoms with E-state index >= 15 is 0 Å². The maximum absolute atomic E-state index is 11.9. The Kier molecular flexibility index (Phi) is 3.45. The number of imidazole rings is 1. The minimum atomic E-state index is -0.214. The maximum atomic E-state index is 11.9. The third-order valence-corrected chi connectivity index (χ3v) is 2.95. The topological polar surface area (TPSA) is 73.0 Å². The van der Waals surface area contributed by atoms with Crippen LogP contribution in [0.25, 0.3) is 11.1 Å². The predicted molar refractivity (Wildman–Crippen MR) is 73.2 cm³/mol. The quantitative estimate of drug-likeness (QED) is 0.718. The van der Waals surface area contributed by atoms with E-state index in [1.807, 2.05) is 10.8 Å². The molecule has 3 rings (SSSR count). The van der Waals surface area contributed by atoms with Crippen LogP contribution in [0.4, 0.5) is 0 Å². The van der Waals surface area contributed by atoms with Crippen LogP contribution < -0.4 is 5.32 Å². The second kappa shape index (κ2) is 5.56. The van der Waals surface area contributed by atoms with Crippen LogP contribution in [0.15, 0.2) is 47.5 Å². The number of rotatable bonds is 5. The molecule has 0 aliphatic carbocycles. The molecule has 1 N–H and O–H groups in total. The van der Waals surface area contributed by atoms with Crippen molar-refractivity contribution in [2.24, 2.45) is 0 Å². The van der Waals surface area contributed by atoms with Gasteiger partial charge in [-0.2, -0.15) is 0 Å². The van der Waals surface area contributed by atoms with E-state index < -0.39 is 0 Å². The highest BCUT2D eigenvalue weighted by atomic mass is 16.3. The minimum Gasteiger partial charge on any atom is -0.449 e. The van der Waals surface area contributed by atoms with Crippen molar-refractivity contribution in [3.05, 3.63) is 48.9 Å². The van der Waals surface area contributed by atoms with E-state index in [4.69, 9.17) is 4.42 Å². The number of nitrogens with one attached hydrogen (secondary N) is 1. The number of furan rings is 1. The molecule has 0 radical (unpaired) electrons. The van der Waals surface area contributed by atoms with Gasteiger partial charge in [-0.05, 0) is 18.6 Å². The molecule has 3 aromatic rings. The van der Waals surface area contributed by atoms with E-state index in [0.717, 1.165) is 13.0 Å². The van der Waals surface area contributed by atoms with Gasteiger partial charge in [0.1, 0.15) is 5.52 Å². The number of hydrogen-bond donors (Lipinski definition) is 1. The molecular weight excluding hydrogens is 256 g/mol. The van der Waals surface area contributed by atoms with Crippen molar-refractivity contribution >= 4 is 17.0 Å². The highest BCUT2D eigenvalue weighted by Gasteiger charge is 2.11. The van der Waals surface area contributed by atoms with Gasteiger partial charge < -0.3 is 14.3 Å². The maximum Gasteiger partial charge on any atom is 0.287 e. The van der Waals surface area contributed by atoms with E-state index in [0.29, 0.717) is 23.4 Å². The number of carbonyl (C=O) groups excluding carboxylic acids is 1. The summed E-state index contributed by atoms with van der Waals surface area (Å²) in [6.07, 6.45) is 7.89. The van der Waals surface area contributed by atoms with Gasteiger partial charge >= 0.3 is 0 Å². The first-order valence-corrected chi connectivity index (χ1v) is 6.41. The van der Waals surface area contributed by atoms with Crippen molar-refractivity contribution in [1.82, 2.24) is 19.9 Å². The third kappa shape index (κ3) is 2.69. The van der Waals surface area contributed by atoms with E-state index in [1.54, 1.807) is 36.9 Å². The van der Waals surface area contributed by atoms with E-state index in [-0.39, 0.29) is 5.91 Å². The molecule has 0 aliphatic rings. The first kappa shape index (κ1) is 12.4. The molecule has 0 unspecified atom stereocenters. The van der Waals surface area contributed by atoms with Gasteiger partial charge in [0.25, 0.3) is 5.91 Å². The molecule has 102 valence electrons. The Balaban J connectivity index is 1.53. The van der Waals surface area contributed by atoms with E-state index in [9.17, 15) is 4.79 Å². The van der Waals surface area contributed by atoms with Crippen molar-refractivity contribution < 1.29 is 9.21 Å². The van der Waals surface area contributed by atoms with E-state index in [1.165, 1.54) is 0 Å². The minimum absolute atomic E-state index is 0.214. The number of carbonyl (C=O) groups is 1. The molecule has 20 heavy (non-hydrogen) atoms. The molecule has 6 nitrogen and oxygen atoms in total.